The Labute approximate surface area is 110 Å². The van der Waals surface area contributed by atoms with Gasteiger partial charge in [0.05, 0.1) is 12.1 Å². The number of aromatic nitrogens is 4. The summed E-state index contributed by atoms with van der Waals surface area (Å²) in [5.41, 5.74) is 0.189. The molecule has 0 aliphatic heterocycles. The molecule has 1 N–H and O–H groups in total. The molecule has 0 aliphatic carbocycles. The fraction of sp³-hybridized carbons (Fsp3) is 0.923. The minimum absolute atomic E-state index is 0.0645. The Morgan fingerprint density at radius 3 is 2.39 bits per heavy atom. The Bertz CT molecular complexity index is 362. The standard InChI is InChI=1S/C13H27N5/c1-7-8-14-9-11-15-16-17-18(11)13(5,6)10-12(2,3)4/h14H,7-10H2,1-6H3. The first-order valence-electron chi connectivity index (χ1n) is 6.75. The highest BCUT2D eigenvalue weighted by molar-refractivity contribution is 4.90. The fourth-order valence-corrected chi connectivity index (χ4v) is 2.54. The van der Waals surface area contributed by atoms with Crippen molar-refractivity contribution in [1.29, 1.82) is 0 Å². The number of nitrogens with zero attached hydrogens (tertiary/aromatic N) is 4. The van der Waals surface area contributed by atoms with Crippen LogP contribution in [-0.4, -0.2) is 26.8 Å². The highest BCUT2D eigenvalue weighted by Crippen LogP contribution is 2.31. The maximum Gasteiger partial charge on any atom is 0.165 e. The molecular weight excluding hydrogens is 226 g/mol. The topological polar surface area (TPSA) is 55.6 Å². The molecule has 1 heterocycles. The van der Waals surface area contributed by atoms with Crippen molar-refractivity contribution >= 4 is 0 Å². The van der Waals surface area contributed by atoms with Crippen LogP contribution in [0.4, 0.5) is 0 Å². The first-order valence-corrected chi connectivity index (χ1v) is 6.75. The smallest absolute Gasteiger partial charge is 0.165 e. The molecule has 0 amide bonds. The summed E-state index contributed by atoms with van der Waals surface area (Å²) in [6.45, 7) is 15.0. The molecule has 1 rings (SSSR count). The molecule has 18 heavy (non-hydrogen) atoms. The summed E-state index contributed by atoms with van der Waals surface area (Å²) >= 11 is 0. The van der Waals surface area contributed by atoms with Crippen LogP contribution in [0, 0.1) is 5.41 Å². The minimum Gasteiger partial charge on any atom is -0.310 e. The molecule has 0 atom stereocenters. The lowest BCUT2D eigenvalue weighted by Gasteiger charge is -2.32. The lowest BCUT2D eigenvalue weighted by Crippen LogP contribution is -2.35. The van der Waals surface area contributed by atoms with Gasteiger partial charge in [0.25, 0.3) is 0 Å². The van der Waals surface area contributed by atoms with Crippen molar-refractivity contribution in [2.24, 2.45) is 5.41 Å². The van der Waals surface area contributed by atoms with Gasteiger partial charge in [0.2, 0.25) is 0 Å². The molecule has 0 saturated carbocycles. The van der Waals surface area contributed by atoms with Gasteiger partial charge in [-0.2, -0.15) is 0 Å². The van der Waals surface area contributed by atoms with Crippen LogP contribution in [-0.2, 0) is 12.1 Å². The summed E-state index contributed by atoms with van der Waals surface area (Å²) in [4.78, 5) is 0. The van der Waals surface area contributed by atoms with Gasteiger partial charge in [-0.05, 0) is 49.1 Å². The van der Waals surface area contributed by atoms with Crippen molar-refractivity contribution in [3.8, 4) is 0 Å². The van der Waals surface area contributed by atoms with Crippen LogP contribution in [0.25, 0.3) is 0 Å². The maximum atomic E-state index is 4.17. The maximum absolute atomic E-state index is 4.17. The lowest BCUT2D eigenvalue weighted by atomic mass is 9.82. The quantitative estimate of drug-likeness (QED) is 0.791. The third-order valence-corrected chi connectivity index (χ3v) is 2.78. The number of tetrazole rings is 1. The first kappa shape index (κ1) is 15.1. The van der Waals surface area contributed by atoms with E-state index in [1.54, 1.807) is 0 Å². The third-order valence-electron chi connectivity index (χ3n) is 2.78. The van der Waals surface area contributed by atoms with E-state index in [9.17, 15) is 0 Å². The van der Waals surface area contributed by atoms with Crippen molar-refractivity contribution < 1.29 is 0 Å². The van der Waals surface area contributed by atoms with E-state index in [-0.39, 0.29) is 11.0 Å². The summed E-state index contributed by atoms with van der Waals surface area (Å²) in [5.74, 6) is 0.915. The van der Waals surface area contributed by atoms with Crippen molar-refractivity contribution in [2.75, 3.05) is 6.54 Å². The second kappa shape index (κ2) is 5.78. The van der Waals surface area contributed by atoms with E-state index in [4.69, 9.17) is 0 Å². The van der Waals surface area contributed by atoms with E-state index >= 15 is 0 Å². The Balaban J connectivity index is 2.78. The molecular formula is C13H27N5. The summed E-state index contributed by atoms with van der Waals surface area (Å²) in [6.07, 6.45) is 2.15. The van der Waals surface area contributed by atoms with E-state index < -0.39 is 0 Å². The molecule has 1 aromatic rings. The second-order valence-electron chi connectivity index (χ2n) is 6.73. The van der Waals surface area contributed by atoms with E-state index in [2.05, 4.69) is 62.4 Å². The van der Waals surface area contributed by atoms with Crippen LogP contribution in [0.1, 0.15) is 60.2 Å². The zero-order chi connectivity index (χ0) is 13.8. The predicted octanol–water partition coefficient (Wildman–Crippen LogP) is 2.34. The molecule has 5 heteroatoms. The van der Waals surface area contributed by atoms with Crippen molar-refractivity contribution in [3.05, 3.63) is 5.82 Å². The first-order chi connectivity index (χ1) is 8.26. The summed E-state index contributed by atoms with van der Waals surface area (Å²) < 4.78 is 1.96. The Hall–Kier alpha value is -0.970. The number of hydrogen-bond donors (Lipinski definition) is 1. The lowest BCUT2D eigenvalue weighted by molar-refractivity contribution is 0.190. The van der Waals surface area contributed by atoms with Gasteiger partial charge < -0.3 is 5.32 Å². The van der Waals surface area contributed by atoms with Crippen LogP contribution < -0.4 is 5.32 Å². The SMILES string of the molecule is CCCNCc1nnnn1C(C)(C)CC(C)(C)C. The third kappa shape index (κ3) is 4.37. The van der Waals surface area contributed by atoms with Crippen molar-refractivity contribution in [1.82, 2.24) is 25.5 Å². The van der Waals surface area contributed by atoms with Gasteiger partial charge in [-0.3, -0.25) is 0 Å². The molecule has 104 valence electrons. The Morgan fingerprint density at radius 2 is 1.83 bits per heavy atom. The molecule has 0 unspecified atom stereocenters. The summed E-state index contributed by atoms with van der Waals surface area (Å²) in [5, 5.41) is 15.5. The Morgan fingerprint density at radius 1 is 1.17 bits per heavy atom. The van der Waals surface area contributed by atoms with Gasteiger partial charge in [-0.1, -0.05) is 27.7 Å². The zero-order valence-electron chi connectivity index (χ0n) is 12.6. The molecule has 0 fully saturated rings. The molecule has 0 radical (unpaired) electrons. The number of hydrogen-bond acceptors (Lipinski definition) is 4. The summed E-state index contributed by atoms with van der Waals surface area (Å²) in [7, 11) is 0. The highest BCUT2D eigenvalue weighted by atomic mass is 15.6. The molecule has 5 nitrogen and oxygen atoms in total. The van der Waals surface area contributed by atoms with Gasteiger partial charge in [-0.25, -0.2) is 4.68 Å². The molecule has 0 aromatic carbocycles. The van der Waals surface area contributed by atoms with E-state index in [1.165, 1.54) is 0 Å². The normalized spacial score (nSPS) is 13.0. The van der Waals surface area contributed by atoms with Crippen LogP contribution in [0.5, 0.6) is 0 Å². The predicted molar refractivity (Wildman–Crippen MR) is 73.2 cm³/mol. The second-order valence-corrected chi connectivity index (χ2v) is 6.73. The molecule has 0 saturated heterocycles. The Kier molecular flexibility index (Phi) is 4.85. The fourth-order valence-electron chi connectivity index (χ4n) is 2.54. The monoisotopic (exact) mass is 253 g/mol. The number of rotatable bonds is 6. The van der Waals surface area contributed by atoms with E-state index in [1.807, 2.05) is 4.68 Å². The van der Waals surface area contributed by atoms with Gasteiger partial charge in [0, 0.05) is 0 Å². The van der Waals surface area contributed by atoms with Gasteiger partial charge >= 0.3 is 0 Å². The summed E-state index contributed by atoms with van der Waals surface area (Å²) in [6, 6.07) is 0. The highest BCUT2D eigenvalue weighted by Gasteiger charge is 2.30. The zero-order valence-corrected chi connectivity index (χ0v) is 12.6. The van der Waals surface area contributed by atoms with Gasteiger partial charge in [0.15, 0.2) is 5.82 Å². The van der Waals surface area contributed by atoms with Crippen molar-refractivity contribution in [2.45, 2.75) is 66.5 Å². The van der Waals surface area contributed by atoms with Crippen molar-refractivity contribution in [3.63, 3.8) is 0 Å². The molecule has 0 aliphatic rings. The van der Waals surface area contributed by atoms with Gasteiger partial charge in [0.1, 0.15) is 0 Å². The van der Waals surface area contributed by atoms with Crippen LogP contribution in [0.3, 0.4) is 0 Å². The largest absolute Gasteiger partial charge is 0.310 e. The van der Waals surface area contributed by atoms with Crippen LogP contribution in [0.2, 0.25) is 0 Å². The van der Waals surface area contributed by atoms with Gasteiger partial charge in [-0.15, -0.1) is 5.10 Å². The van der Waals surface area contributed by atoms with Crippen LogP contribution >= 0.6 is 0 Å². The van der Waals surface area contributed by atoms with E-state index in [0.29, 0.717) is 0 Å². The number of nitrogens with one attached hydrogen (secondary N) is 1. The minimum atomic E-state index is -0.0645. The molecule has 0 bridgehead atoms. The average Bonchev–Trinajstić information content (AvgIpc) is 2.63. The van der Waals surface area contributed by atoms with E-state index in [0.717, 1.165) is 31.8 Å². The molecule has 0 spiro atoms. The van der Waals surface area contributed by atoms with Crippen LogP contribution in [0.15, 0.2) is 0 Å². The average molecular weight is 253 g/mol. The molecule has 1 aromatic heterocycles.